The second kappa shape index (κ2) is 12.8. The minimum Gasteiger partial charge on any atom is -0.398 e. The summed E-state index contributed by atoms with van der Waals surface area (Å²) in [6.07, 6.45) is 14.9. The summed E-state index contributed by atoms with van der Waals surface area (Å²) < 4.78 is 0. The molecule has 127 valence electrons. The van der Waals surface area contributed by atoms with Crippen molar-refractivity contribution in [3.63, 3.8) is 0 Å². The van der Waals surface area contributed by atoms with Crippen molar-refractivity contribution in [1.82, 2.24) is 0 Å². The third-order valence-corrected chi connectivity index (χ3v) is 4.86. The maximum atomic E-state index is 6.21. The van der Waals surface area contributed by atoms with Gasteiger partial charge in [-0.3, -0.25) is 0 Å². The van der Waals surface area contributed by atoms with Gasteiger partial charge in [-0.15, -0.1) is 0 Å². The number of fused-ring (bicyclic) bond motifs is 1. The fraction of sp³-hybridized carbons (Fsp3) is 0.545. The fourth-order valence-corrected chi connectivity index (χ4v) is 3.42. The van der Waals surface area contributed by atoms with Crippen LogP contribution >= 0.6 is 0 Å². The number of hydrogen-bond donors (Lipinski definition) is 1. The van der Waals surface area contributed by atoms with E-state index in [9.17, 15) is 0 Å². The van der Waals surface area contributed by atoms with Gasteiger partial charge in [0.05, 0.1) is 0 Å². The van der Waals surface area contributed by atoms with E-state index in [0.717, 1.165) is 12.1 Å². The second-order valence-electron chi connectivity index (χ2n) is 6.79. The predicted octanol–water partition coefficient (Wildman–Crippen LogP) is 6.50. The van der Waals surface area contributed by atoms with E-state index in [1.807, 2.05) is 0 Å². The number of aryl methyl sites for hydroxylation is 1. The third kappa shape index (κ3) is 7.17. The molecule has 0 atom stereocenters. The molecule has 0 aromatic heterocycles. The number of hydrogen-bond acceptors (Lipinski definition) is 1. The molecule has 2 aromatic carbocycles. The van der Waals surface area contributed by atoms with Crippen LogP contribution in [-0.4, -0.2) is 29.6 Å². The predicted molar refractivity (Wildman–Crippen MR) is 110 cm³/mol. The zero-order valence-electron chi connectivity index (χ0n) is 15.8. The molecule has 2 rings (SSSR count). The maximum Gasteiger partial charge on any atom is 0.0353 e. The first-order valence-corrected chi connectivity index (χ1v) is 9.59. The Morgan fingerprint density at radius 3 is 1.96 bits per heavy atom. The van der Waals surface area contributed by atoms with Crippen LogP contribution in [0.1, 0.15) is 76.7 Å². The normalized spacial score (nSPS) is 10.7. The average Bonchev–Trinajstić information content (AvgIpc) is 2.58. The van der Waals surface area contributed by atoms with Gasteiger partial charge < -0.3 is 5.73 Å². The molecule has 0 aliphatic carbocycles. The monoisotopic (exact) mass is 334 g/mol. The molecule has 0 unspecified atom stereocenters. The van der Waals surface area contributed by atoms with Crippen molar-refractivity contribution in [2.75, 3.05) is 5.73 Å². The first-order chi connectivity index (χ1) is 11.3. The number of benzene rings is 2. The van der Waals surface area contributed by atoms with Crippen molar-refractivity contribution in [2.24, 2.45) is 0 Å². The van der Waals surface area contributed by atoms with Crippen molar-refractivity contribution >= 4 is 46.0 Å². The van der Waals surface area contributed by atoms with Crippen LogP contribution in [0.5, 0.6) is 0 Å². The van der Waals surface area contributed by atoms with Crippen molar-refractivity contribution < 1.29 is 0 Å². The number of unbranched alkanes of at least 4 members (excludes halogenated alkanes) is 9. The van der Waals surface area contributed by atoms with E-state index in [1.54, 1.807) is 0 Å². The van der Waals surface area contributed by atoms with E-state index in [1.165, 1.54) is 80.5 Å². The first kappa shape index (κ1) is 21.5. The van der Waals surface area contributed by atoms with Crippen LogP contribution in [0.4, 0.5) is 5.69 Å². The summed E-state index contributed by atoms with van der Waals surface area (Å²) in [6, 6.07) is 12.8. The van der Waals surface area contributed by atoms with Crippen LogP contribution in [-0.2, 0) is 6.42 Å². The van der Waals surface area contributed by atoms with Crippen LogP contribution in [0.25, 0.3) is 10.8 Å². The fourth-order valence-electron chi connectivity index (χ4n) is 3.42. The van der Waals surface area contributed by atoms with Crippen molar-refractivity contribution in [1.29, 1.82) is 0 Å². The zero-order valence-corrected chi connectivity index (χ0v) is 17.8. The molecule has 2 aromatic rings. The summed E-state index contributed by atoms with van der Waals surface area (Å²) in [4.78, 5) is 0. The van der Waals surface area contributed by atoms with Gasteiger partial charge in [0.2, 0.25) is 0 Å². The second-order valence-corrected chi connectivity index (χ2v) is 6.79. The smallest absolute Gasteiger partial charge is 0.0353 e. The van der Waals surface area contributed by atoms with Crippen LogP contribution < -0.4 is 5.73 Å². The van der Waals surface area contributed by atoms with Gasteiger partial charge in [-0.05, 0) is 35.2 Å². The summed E-state index contributed by atoms with van der Waals surface area (Å²) in [5, 5.41) is 2.65. The number of nitrogen functional groups attached to an aromatic ring is 1. The number of anilines is 1. The molecule has 0 saturated heterocycles. The van der Waals surface area contributed by atoms with Gasteiger partial charge in [-0.25, -0.2) is 0 Å². The molecular formula is C22H33NNa. The van der Waals surface area contributed by atoms with Crippen molar-refractivity contribution in [2.45, 2.75) is 77.6 Å². The minimum absolute atomic E-state index is 0. The molecular weight excluding hydrogens is 301 g/mol. The molecule has 0 aliphatic heterocycles. The summed E-state index contributed by atoms with van der Waals surface area (Å²) in [5.74, 6) is 0. The van der Waals surface area contributed by atoms with Crippen molar-refractivity contribution in [3.05, 3.63) is 42.0 Å². The Balaban J connectivity index is 0.00000288. The van der Waals surface area contributed by atoms with E-state index < -0.39 is 0 Å². The third-order valence-electron chi connectivity index (χ3n) is 4.86. The maximum absolute atomic E-state index is 6.21. The molecule has 0 amide bonds. The molecule has 1 radical (unpaired) electrons. The van der Waals surface area contributed by atoms with E-state index >= 15 is 0 Å². The Morgan fingerprint density at radius 1 is 0.708 bits per heavy atom. The Hall–Kier alpha value is -0.500. The van der Waals surface area contributed by atoms with E-state index in [4.69, 9.17) is 5.73 Å². The minimum atomic E-state index is 0. The molecule has 1 nitrogen and oxygen atoms in total. The standard InChI is InChI=1S/C22H33N.Na/c1-2-3-4-5-6-7-8-9-10-11-16-21-20-15-13-12-14-19(20)17-18-22(21)23;/h12-15,17-18H,2-11,16,23H2,1H3;. The quantitative estimate of drug-likeness (QED) is 0.283. The van der Waals surface area contributed by atoms with Gasteiger partial charge >= 0.3 is 0 Å². The molecule has 0 heterocycles. The molecule has 0 aliphatic rings. The van der Waals surface area contributed by atoms with Gasteiger partial charge in [0.1, 0.15) is 0 Å². The first-order valence-electron chi connectivity index (χ1n) is 9.59. The van der Waals surface area contributed by atoms with Gasteiger partial charge in [-0.2, -0.15) is 0 Å². The molecule has 2 heteroatoms. The Kier molecular flexibility index (Phi) is 11.5. The summed E-state index contributed by atoms with van der Waals surface area (Å²) in [6.45, 7) is 2.28. The summed E-state index contributed by atoms with van der Waals surface area (Å²) in [5.41, 5.74) is 8.51. The van der Waals surface area contributed by atoms with Gasteiger partial charge in [-0.1, -0.05) is 95.0 Å². The molecule has 0 saturated carbocycles. The summed E-state index contributed by atoms with van der Waals surface area (Å²) in [7, 11) is 0. The Bertz CT molecular complexity index is 579. The summed E-state index contributed by atoms with van der Waals surface area (Å²) >= 11 is 0. The molecule has 0 bridgehead atoms. The van der Waals surface area contributed by atoms with Crippen LogP contribution in [0, 0.1) is 0 Å². The largest absolute Gasteiger partial charge is 0.398 e. The molecule has 2 N–H and O–H groups in total. The SMILES string of the molecule is CCCCCCCCCCCCc1c(N)ccc2ccccc12.[Na]. The van der Waals surface area contributed by atoms with Crippen molar-refractivity contribution in [3.8, 4) is 0 Å². The number of rotatable bonds is 11. The van der Waals surface area contributed by atoms with E-state index in [-0.39, 0.29) is 29.6 Å². The van der Waals surface area contributed by atoms with E-state index in [0.29, 0.717) is 0 Å². The molecule has 0 fully saturated rings. The Morgan fingerprint density at radius 2 is 1.29 bits per heavy atom. The molecule has 24 heavy (non-hydrogen) atoms. The number of nitrogens with two attached hydrogens (primary N) is 1. The van der Waals surface area contributed by atoms with Crippen LogP contribution in [0.3, 0.4) is 0 Å². The van der Waals surface area contributed by atoms with Gasteiger partial charge in [0.25, 0.3) is 0 Å². The topological polar surface area (TPSA) is 26.0 Å². The molecule has 0 spiro atoms. The van der Waals surface area contributed by atoms with Crippen LogP contribution in [0.2, 0.25) is 0 Å². The van der Waals surface area contributed by atoms with Gasteiger partial charge in [0.15, 0.2) is 0 Å². The van der Waals surface area contributed by atoms with E-state index in [2.05, 4.69) is 43.3 Å². The zero-order chi connectivity index (χ0) is 16.3. The van der Waals surface area contributed by atoms with Crippen LogP contribution in [0.15, 0.2) is 36.4 Å². The Labute approximate surface area is 170 Å². The van der Waals surface area contributed by atoms with Gasteiger partial charge in [0, 0.05) is 35.2 Å². The average molecular weight is 335 g/mol.